The quantitative estimate of drug-likeness (QED) is 0.626. The lowest BCUT2D eigenvalue weighted by Crippen LogP contribution is -2.29. The summed E-state index contributed by atoms with van der Waals surface area (Å²) in [5.74, 6) is 0. The molecule has 0 radical (unpaired) electrons. The van der Waals surface area contributed by atoms with Crippen LogP contribution < -0.4 is 5.69 Å². The molecule has 2 aromatic rings. The minimum Gasteiger partial charge on any atom is -0.394 e. The molecule has 15 heavy (non-hydrogen) atoms. The number of hydrogen-bond acceptors (Lipinski definition) is 5. The minimum atomic E-state index is -0.986. The Morgan fingerprint density at radius 2 is 2.33 bits per heavy atom. The molecular formula is C8H10N4O3. The molecule has 7 heteroatoms. The molecule has 0 fully saturated rings. The smallest absolute Gasteiger partial charge is 0.350 e. The molecule has 0 aromatic carbocycles. The largest absolute Gasteiger partial charge is 0.394 e. The average molecular weight is 210 g/mol. The van der Waals surface area contributed by atoms with Crippen molar-refractivity contribution in [3.8, 4) is 0 Å². The van der Waals surface area contributed by atoms with Crippen molar-refractivity contribution in [1.82, 2.24) is 19.2 Å². The van der Waals surface area contributed by atoms with Crippen molar-refractivity contribution in [3.05, 3.63) is 29.1 Å². The molecule has 0 saturated carbocycles. The summed E-state index contributed by atoms with van der Waals surface area (Å²) in [6, 6.07) is 0. The highest BCUT2D eigenvalue weighted by molar-refractivity contribution is 5.31. The lowest BCUT2D eigenvalue weighted by atomic mass is 10.4. The molecule has 2 aromatic heterocycles. The summed E-state index contributed by atoms with van der Waals surface area (Å²) in [6.45, 7) is -0.435. The van der Waals surface area contributed by atoms with Crippen molar-refractivity contribution >= 4 is 5.65 Å². The lowest BCUT2D eigenvalue weighted by molar-refractivity contribution is 0.0774. The maximum Gasteiger partial charge on any atom is 0.350 e. The van der Waals surface area contributed by atoms with E-state index in [1.807, 2.05) is 0 Å². The van der Waals surface area contributed by atoms with Crippen LogP contribution in [0.5, 0.6) is 0 Å². The van der Waals surface area contributed by atoms with Gasteiger partial charge >= 0.3 is 5.69 Å². The van der Waals surface area contributed by atoms with Crippen LogP contribution in [0, 0.1) is 0 Å². The molecular weight excluding hydrogens is 200 g/mol. The predicted molar refractivity (Wildman–Crippen MR) is 50.3 cm³/mol. The molecule has 0 aliphatic heterocycles. The van der Waals surface area contributed by atoms with Gasteiger partial charge < -0.3 is 10.2 Å². The fourth-order valence-electron chi connectivity index (χ4n) is 1.26. The highest BCUT2D eigenvalue weighted by atomic mass is 16.3. The van der Waals surface area contributed by atoms with Crippen molar-refractivity contribution < 1.29 is 10.2 Å². The fraction of sp³-hybridized carbons (Fsp3) is 0.375. The van der Waals surface area contributed by atoms with Crippen molar-refractivity contribution in [2.24, 2.45) is 0 Å². The Kier molecular flexibility index (Phi) is 2.48. The van der Waals surface area contributed by atoms with Crippen molar-refractivity contribution in [3.63, 3.8) is 0 Å². The summed E-state index contributed by atoms with van der Waals surface area (Å²) in [6.07, 6.45) is 3.43. The Balaban J connectivity index is 2.45. The number of nitrogens with zero attached hydrogens (tertiary/aromatic N) is 4. The molecule has 0 aliphatic rings. The zero-order chi connectivity index (χ0) is 10.8. The molecule has 2 N–H and O–H groups in total. The molecule has 80 valence electrons. The normalized spacial score (nSPS) is 13.2. The van der Waals surface area contributed by atoms with E-state index in [0.717, 1.165) is 4.68 Å². The third-order valence-corrected chi connectivity index (χ3v) is 1.98. The highest BCUT2D eigenvalue weighted by Crippen LogP contribution is 1.93. The molecule has 0 saturated heterocycles. The Labute approximate surface area is 84.2 Å². The maximum atomic E-state index is 11.6. The van der Waals surface area contributed by atoms with Gasteiger partial charge in [-0.2, -0.15) is 0 Å². The van der Waals surface area contributed by atoms with Crippen LogP contribution in [-0.2, 0) is 6.54 Å². The van der Waals surface area contributed by atoms with Crippen LogP contribution in [0.1, 0.15) is 0 Å². The van der Waals surface area contributed by atoms with Crippen LogP contribution in [-0.4, -0.2) is 42.1 Å². The molecule has 2 heterocycles. The van der Waals surface area contributed by atoms with E-state index in [1.54, 1.807) is 0 Å². The van der Waals surface area contributed by atoms with Crippen LogP contribution in [0.25, 0.3) is 5.65 Å². The summed E-state index contributed by atoms with van der Waals surface area (Å²) in [5.41, 5.74) is 0.0486. The van der Waals surface area contributed by atoms with Gasteiger partial charge in [0, 0.05) is 12.4 Å². The van der Waals surface area contributed by atoms with Crippen molar-refractivity contribution in [1.29, 1.82) is 0 Å². The van der Waals surface area contributed by atoms with Gasteiger partial charge in [-0.25, -0.2) is 13.9 Å². The van der Waals surface area contributed by atoms with E-state index in [0.29, 0.717) is 5.65 Å². The summed E-state index contributed by atoms with van der Waals surface area (Å²) < 4.78 is 2.41. The third kappa shape index (κ3) is 1.74. The first-order valence-electron chi connectivity index (χ1n) is 4.40. The molecule has 1 unspecified atom stereocenters. The van der Waals surface area contributed by atoms with Crippen LogP contribution in [0.4, 0.5) is 0 Å². The first kappa shape index (κ1) is 9.81. The fourth-order valence-corrected chi connectivity index (χ4v) is 1.26. The van der Waals surface area contributed by atoms with Gasteiger partial charge in [0.05, 0.1) is 25.5 Å². The van der Waals surface area contributed by atoms with Gasteiger partial charge in [-0.3, -0.25) is 4.98 Å². The van der Waals surface area contributed by atoms with Crippen molar-refractivity contribution in [2.45, 2.75) is 12.6 Å². The molecule has 2 rings (SSSR count). The third-order valence-electron chi connectivity index (χ3n) is 1.98. The number of aliphatic hydroxyl groups excluding tert-OH is 2. The van der Waals surface area contributed by atoms with E-state index in [9.17, 15) is 9.90 Å². The van der Waals surface area contributed by atoms with Gasteiger partial charge in [-0.1, -0.05) is 0 Å². The van der Waals surface area contributed by atoms with E-state index in [2.05, 4.69) is 10.1 Å². The maximum absolute atomic E-state index is 11.6. The van der Waals surface area contributed by atoms with Crippen molar-refractivity contribution in [2.75, 3.05) is 6.61 Å². The Morgan fingerprint density at radius 3 is 3.00 bits per heavy atom. The topological polar surface area (TPSA) is 92.7 Å². The van der Waals surface area contributed by atoms with Gasteiger partial charge in [0.2, 0.25) is 0 Å². The zero-order valence-corrected chi connectivity index (χ0v) is 7.82. The highest BCUT2D eigenvalue weighted by Gasteiger charge is 2.10. The summed E-state index contributed by atoms with van der Waals surface area (Å²) >= 11 is 0. The summed E-state index contributed by atoms with van der Waals surface area (Å²) in [5, 5.41) is 21.8. The average Bonchev–Trinajstić information content (AvgIpc) is 2.57. The van der Waals surface area contributed by atoms with E-state index in [4.69, 9.17) is 5.11 Å². The SMILES string of the molecule is O=c1n(CC(O)CO)nc2cnccn12. The first-order chi connectivity index (χ1) is 7.22. The van der Waals surface area contributed by atoms with Gasteiger partial charge in [0.15, 0.2) is 5.65 Å². The monoisotopic (exact) mass is 210 g/mol. The number of hydrogen-bond donors (Lipinski definition) is 2. The van der Waals surface area contributed by atoms with Gasteiger partial charge in [-0.05, 0) is 0 Å². The number of rotatable bonds is 3. The second-order valence-electron chi connectivity index (χ2n) is 3.11. The van der Waals surface area contributed by atoms with Crippen LogP contribution in [0.15, 0.2) is 23.4 Å². The number of aliphatic hydroxyl groups is 2. The minimum absolute atomic E-state index is 0.0307. The van der Waals surface area contributed by atoms with E-state index < -0.39 is 12.7 Å². The number of aromatic nitrogens is 4. The van der Waals surface area contributed by atoms with Crippen LogP contribution >= 0.6 is 0 Å². The Bertz CT molecular complexity index is 518. The number of fused-ring (bicyclic) bond motifs is 1. The van der Waals surface area contributed by atoms with Gasteiger partial charge in [0.25, 0.3) is 0 Å². The predicted octanol–water partition coefficient (Wildman–Crippen LogP) is -1.76. The lowest BCUT2D eigenvalue weighted by Gasteiger charge is -2.04. The van der Waals surface area contributed by atoms with E-state index in [-0.39, 0.29) is 12.2 Å². The second kappa shape index (κ2) is 3.79. The van der Waals surface area contributed by atoms with Gasteiger partial charge in [-0.15, -0.1) is 5.10 Å². The van der Waals surface area contributed by atoms with E-state index in [1.165, 1.54) is 23.0 Å². The molecule has 0 amide bonds. The summed E-state index contributed by atoms with van der Waals surface area (Å²) in [7, 11) is 0. The van der Waals surface area contributed by atoms with Crippen LogP contribution in [0.2, 0.25) is 0 Å². The molecule has 7 nitrogen and oxygen atoms in total. The van der Waals surface area contributed by atoms with Crippen LogP contribution in [0.3, 0.4) is 0 Å². The summed E-state index contributed by atoms with van der Waals surface area (Å²) in [4.78, 5) is 15.4. The molecule has 1 atom stereocenters. The molecule has 0 aliphatic carbocycles. The molecule has 0 spiro atoms. The molecule has 0 bridgehead atoms. The second-order valence-corrected chi connectivity index (χ2v) is 3.11. The zero-order valence-electron chi connectivity index (χ0n) is 7.82. The van der Waals surface area contributed by atoms with Gasteiger partial charge in [0.1, 0.15) is 0 Å². The Morgan fingerprint density at radius 1 is 1.53 bits per heavy atom. The van der Waals surface area contributed by atoms with E-state index >= 15 is 0 Å². The first-order valence-corrected chi connectivity index (χ1v) is 4.40. The standard InChI is InChI=1S/C8H10N4O3/c13-5-6(14)4-12-8(15)11-2-1-9-3-7(11)10-12/h1-3,6,13-14H,4-5H2. The Hall–Kier alpha value is -1.73.